The topological polar surface area (TPSA) is 58.4 Å². The molecule has 1 aliphatic heterocycles. The summed E-state index contributed by atoms with van der Waals surface area (Å²) < 4.78 is 0. The Morgan fingerprint density at radius 1 is 1.47 bits per heavy atom. The number of aryl methyl sites for hydroxylation is 1. The van der Waals surface area contributed by atoms with Gasteiger partial charge in [-0.25, -0.2) is 0 Å². The average molecular weight is 205 g/mol. The van der Waals surface area contributed by atoms with Gasteiger partial charge in [0.25, 0.3) is 0 Å². The summed E-state index contributed by atoms with van der Waals surface area (Å²) in [6.45, 7) is 3.92. The van der Waals surface area contributed by atoms with Crippen molar-refractivity contribution in [2.75, 3.05) is 30.3 Å². The fourth-order valence-corrected chi connectivity index (χ4v) is 1.94. The molecule has 0 saturated carbocycles. The number of carbonyl (C=O) groups excluding carboxylic acids is 1. The molecule has 1 saturated heterocycles. The van der Waals surface area contributed by atoms with Crippen molar-refractivity contribution in [1.82, 2.24) is 5.32 Å². The monoisotopic (exact) mass is 205 g/mol. The molecular weight excluding hydrogens is 190 g/mol. The van der Waals surface area contributed by atoms with Gasteiger partial charge >= 0.3 is 0 Å². The van der Waals surface area contributed by atoms with Crippen LogP contribution in [0.3, 0.4) is 0 Å². The Bertz CT molecular complexity index is 369. The van der Waals surface area contributed by atoms with Gasteiger partial charge in [0.2, 0.25) is 5.91 Å². The molecule has 4 heteroatoms. The molecule has 4 nitrogen and oxygen atoms in total. The maximum atomic E-state index is 11.3. The Hall–Kier alpha value is -1.71. The van der Waals surface area contributed by atoms with Gasteiger partial charge < -0.3 is 16.0 Å². The van der Waals surface area contributed by atoms with E-state index in [-0.39, 0.29) is 5.91 Å². The molecule has 0 spiro atoms. The van der Waals surface area contributed by atoms with E-state index in [2.05, 4.69) is 5.32 Å². The fourth-order valence-electron chi connectivity index (χ4n) is 1.94. The number of nitrogens with one attached hydrogen (secondary N) is 1. The van der Waals surface area contributed by atoms with E-state index in [1.807, 2.05) is 30.0 Å². The normalized spacial score (nSPS) is 16.3. The maximum Gasteiger partial charge on any atom is 0.239 e. The second-order valence-electron chi connectivity index (χ2n) is 3.78. The number of amides is 1. The molecule has 1 heterocycles. The quantitative estimate of drug-likeness (QED) is 0.657. The summed E-state index contributed by atoms with van der Waals surface area (Å²) in [5, 5.41) is 2.80. The summed E-state index contributed by atoms with van der Waals surface area (Å²) in [4.78, 5) is 13.3. The van der Waals surface area contributed by atoms with E-state index in [1.54, 1.807) is 0 Å². The molecule has 1 fully saturated rings. The molecule has 0 atom stereocenters. The van der Waals surface area contributed by atoms with E-state index in [0.717, 1.165) is 23.5 Å². The van der Waals surface area contributed by atoms with Crippen LogP contribution in [0.5, 0.6) is 0 Å². The molecular formula is C11H15N3O. The van der Waals surface area contributed by atoms with Crippen LogP contribution in [0.15, 0.2) is 18.2 Å². The van der Waals surface area contributed by atoms with Crippen LogP contribution in [0.25, 0.3) is 0 Å². The Kier molecular flexibility index (Phi) is 2.49. The molecule has 0 radical (unpaired) electrons. The van der Waals surface area contributed by atoms with Crippen molar-refractivity contribution >= 4 is 17.3 Å². The fraction of sp³-hybridized carbons (Fsp3) is 0.364. The van der Waals surface area contributed by atoms with Crippen LogP contribution in [0, 0.1) is 6.92 Å². The van der Waals surface area contributed by atoms with Crippen molar-refractivity contribution in [3.63, 3.8) is 0 Å². The van der Waals surface area contributed by atoms with Gasteiger partial charge in [-0.05, 0) is 18.6 Å². The van der Waals surface area contributed by atoms with E-state index >= 15 is 0 Å². The van der Waals surface area contributed by atoms with Gasteiger partial charge in [-0.2, -0.15) is 0 Å². The summed E-state index contributed by atoms with van der Waals surface area (Å²) >= 11 is 0. The Morgan fingerprint density at radius 2 is 2.27 bits per heavy atom. The Balaban J connectivity index is 2.32. The second-order valence-corrected chi connectivity index (χ2v) is 3.78. The van der Waals surface area contributed by atoms with Crippen molar-refractivity contribution in [2.24, 2.45) is 0 Å². The van der Waals surface area contributed by atoms with Gasteiger partial charge in [0.1, 0.15) is 0 Å². The lowest BCUT2D eigenvalue weighted by atomic mass is 10.1. The number of carbonyl (C=O) groups is 1. The van der Waals surface area contributed by atoms with E-state index < -0.39 is 0 Å². The van der Waals surface area contributed by atoms with Gasteiger partial charge in [-0.15, -0.1) is 0 Å². The number of nitrogen functional groups attached to an aromatic ring is 1. The highest BCUT2D eigenvalue weighted by Crippen LogP contribution is 2.27. The smallest absolute Gasteiger partial charge is 0.239 e. The first-order valence-corrected chi connectivity index (χ1v) is 5.05. The lowest BCUT2D eigenvalue weighted by Crippen LogP contribution is -2.48. The van der Waals surface area contributed by atoms with Gasteiger partial charge in [-0.1, -0.05) is 12.1 Å². The van der Waals surface area contributed by atoms with Crippen molar-refractivity contribution in [3.05, 3.63) is 23.8 Å². The Labute approximate surface area is 89.1 Å². The summed E-state index contributed by atoms with van der Waals surface area (Å²) in [6, 6.07) is 5.81. The van der Waals surface area contributed by atoms with Crippen molar-refractivity contribution in [3.8, 4) is 0 Å². The van der Waals surface area contributed by atoms with Crippen LogP contribution in [0.4, 0.5) is 11.4 Å². The molecule has 1 amide bonds. The minimum atomic E-state index is 0.0592. The zero-order chi connectivity index (χ0) is 10.8. The molecule has 0 bridgehead atoms. The van der Waals surface area contributed by atoms with Gasteiger partial charge in [0.05, 0.1) is 17.9 Å². The van der Waals surface area contributed by atoms with Crippen molar-refractivity contribution < 1.29 is 4.79 Å². The summed E-state index contributed by atoms with van der Waals surface area (Å²) in [5.41, 5.74) is 8.77. The maximum absolute atomic E-state index is 11.3. The number of nitrogens with two attached hydrogens (primary N) is 1. The van der Waals surface area contributed by atoms with Crippen LogP contribution < -0.4 is 16.0 Å². The minimum Gasteiger partial charge on any atom is -0.397 e. The lowest BCUT2D eigenvalue weighted by molar-refractivity contribution is -0.120. The van der Waals surface area contributed by atoms with Gasteiger partial charge in [0, 0.05) is 13.1 Å². The van der Waals surface area contributed by atoms with Gasteiger partial charge in [-0.3, -0.25) is 4.79 Å². The number of nitrogens with zero attached hydrogens (tertiary/aromatic N) is 1. The largest absolute Gasteiger partial charge is 0.397 e. The number of rotatable bonds is 1. The molecule has 3 N–H and O–H groups in total. The number of hydrogen-bond donors (Lipinski definition) is 2. The van der Waals surface area contributed by atoms with E-state index in [1.165, 1.54) is 0 Å². The third kappa shape index (κ3) is 1.88. The Morgan fingerprint density at radius 3 is 2.93 bits per heavy atom. The van der Waals surface area contributed by atoms with Crippen LogP contribution in [0.1, 0.15) is 5.56 Å². The predicted octanol–water partition coefficient (Wildman–Crippen LogP) is 0.513. The minimum absolute atomic E-state index is 0.0592. The predicted molar refractivity (Wildman–Crippen MR) is 60.8 cm³/mol. The summed E-state index contributed by atoms with van der Waals surface area (Å²) in [7, 11) is 0. The molecule has 0 aromatic heterocycles. The van der Waals surface area contributed by atoms with Crippen LogP contribution in [-0.2, 0) is 4.79 Å². The first-order chi connectivity index (χ1) is 7.18. The van der Waals surface area contributed by atoms with Crippen LogP contribution >= 0.6 is 0 Å². The first kappa shape index (κ1) is 9.83. The van der Waals surface area contributed by atoms with E-state index in [4.69, 9.17) is 5.73 Å². The first-order valence-electron chi connectivity index (χ1n) is 5.05. The number of hydrogen-bond acceptors (Lipinski definition) is 3. The second kappa shape index (κ2) is 3.81. The summed E-state index contributed by atoms with van der Waals surface area (Å²) in [5.74, 6) is 0.0592. The van der Waals surface area contributed by atoms with Crippen LogP contribution in [-0.4, -0.2) is 25.5 Å². The standard InChI is InChI=1S/C11H15N3O/c1-8-3-2-4-9(12)11(8)14-6-5-13-10(15)7-14/h2-4H,5-7,12H2,1H3,(H,13,15). The highest BCUT2D eigenvalue weighted by atomic mass is 16.2. The molecule has 2 rings (SSSR count). The summed E-state index contributed by atoms with van der Waals surface area (Å²) in [6.07, 6.45) is 0. The zero-order valence-electron chi connectivity index (χ0n) is 8.79. The van der Waals surface area contributed by atoms with Crippen molar-refractivity contribution in [2.45, 2.75) is 6.92 Å². The number of benzene rings is 1. The van der Waals surface area contributed by atoms with Crippen molar-refractivity contribution in [1.29, 1.82) is 0 Å². The molecule has 1 aromatic rings. The molecule has 15 heavy (non-hydrogen) atoms. The SMILES string of the molecule is Cc1cccc(N)c1N1CCNC(=O)C1. The molecule has 1 aromatic carbocycles. The third-order valence-corrected chi connectivity index (χ3v) is 2.62. The highest BCUT2D eigenvalue weighted by molar-refractivity contribution is 5.85. The molecule has 80 valence electrons. The highest BCUT2D eigenvalue weighted by Gasteiger charge is 2.19. The number of piperazine rings is 1. The number of para-hydroxylation sites is 1. The average Bonchev–Trinajstić information content (AvgIpc) is 2.17. The van der Waals surface area contributed by atoms with Gasteiger partial charge in [0.15, 0.2) is 0 Å². The lowest BCUT2D eigenvalue weighted by Gasteiger charge is -2.30. The van der Waals surface area contributed by atoms with E-state index in [0.29, 0.717) is 13.1 Å². The van der Waals surface area contributed by atoms with E-state index in [9.17, 15) is 4.79 Å². The number of anilines is 2. The zero-order valence-corrected chi connectivity index (χ0v) is 8.79. The molecule has 0 aliphatic carbocycles. The molecule has 1 aliphatic rings. The van der Waals surface area contributed by atoms with Crippen LogP contribution in [0.2, 0.25) is 0 Å². The molecule has 0 unspecified atom stereocenters. The third-order valence-electron chi connectivity index (χ3n) is 2.62.